The zero-order valence-electron chi connectivity index (χ0n) is 12.3. The molecule has 0 radical (unpaired) electrons. The molecule has 0 spiro atoms. The molecule has 9 nitrogen and oxygen atoms in total. The van der Waals surface area contributed by atoms with Crippen LogP contribution < -0.4 is 15.4 Å². The molecule has 0 fully saturated rings. The van der Waals surface area contributed by atoms with Crippen molar-refractivity contribution in [3.63, 3.8) is 0 Å². The first-order chi connectivity index (χ1) is 10.3. The molecule has 21 heavy (non-hydrogen) atoms. The fraction of sp³-hybridized carbons (Fsp3) is 0.583. The lowest BCUT2D eigenvalue weighted by molar-refractivity contribution is 0.312. The third-order valence-electron chi connectivity index (χ3n) is 2.52. The lowest BCUT2D eigenvalue weighted by atomic mass is 10.5. The summed E-state index contributed by atoms with van der Waals surface area (Å²) in [6.07, 6.45) is 4.43. The molecular formula is C12H20N8O. The highest BCUT2D eigenvalue weighted by Gasteiger charge is 2.06. The van der Waals surface area contributed by atoms with Gasteiger partial charge < -0.3 is 15.4 Å². The maximum absolute atomic E-state index is 5.35. The summed E-state index contributed by atoms with van der Waals surface area (Å²) in [5.41, 5.74) is 0. The number of hydrogen-bond acceptors (Lipinski definition) is 8. The first-order valence-corrected chi connectivity index (χ1v) is 7.02. The van der Waals surface area contributed by atoms with Crippen molar-refractivity contribution < 1.29 is 4.74 Å². The number of hydrogen-bond donors (Lipinski definition) is 2. The molecule has 0 aliphatic heterocycles. The van der Waals surface area contributed by atoms with E-state index in [0.717, 1.165) is 13.0 Å². The Labute approximate surface area is 123 Å². The van der Waals surface area contributed by atoms with Crippen LogP contribution in [0.25, 0.3) is 0 Å². The average molecular weight is 292 g/mol. The van der Waals surface area contributed by atoms with Gasteiger partial charge in [0.1, 0.15) is 0 Å². The summed E-state index contributed by atoms with van der Waals surface area (Å²) >= 11 is 0. The zero-order valence-corrected chi connectivity index (χ0v) is 12.3. The number of rotatable bonds is 9. The van der Waals surface area contributed by atoms with Gasteiger partial charge in [-0.15, -0.1) is 5.10 Å². The fourth-order valence-corrected chi connectivity index (χ4v) is 1.58. The second-order valence-electron chi connectivity index (χ2n) is 4.22. The third kappa shape index (κ3) is 4.86. The van der Waals surface area contributed by atoms with Gasteiger partial charge in [-0.1, -0.05) is 12.1 Å². The standard InChI is InChI=1S/C12H20N8O/c1-3-5-13-10-16-11(18-12(17-10)21-4-2)14-6-8-20-9-7-15-19-20/h7,9H,3-6,8H2,1-2H3,(H2,13,14,16,17,18). The smallest absolute Gasteiger partial charge is 0.323 e. The number of aromatic nitrogens is 6. The van der Waals surface area contributed by atoms with Crippen LogP contribution >= 0.6 is 0 Å². The zero-order chi connectivity index (χ0) is 14.9. The SMILES string of the molecule is CCCNc1nc(NCCn2ccnn2)nc(OCC)n1. The fourth-order valence-electron chi connectivity index (χ4n) is 1.58. The van der Waals surface area contributed by atoms with Gasteiger partial charge in [0.05, 0.1) is 19.3 Å². The van der Waals surface area contributed by atoms with Crippen LogP contribution in [0.1, 0.15) is 20.3 Å². The Bertz CT molecular complexity index is 530. The molecule has 2 aromatic rings. The van der Waals surface area contributed by atoms with Crippen molar-refractivity contribution in [2.24, 2.45) is 0 Å². The Kier molecular flexibility index (Phi) is 5.68. The summed E-state index contributed by atoms with van der Waals surface area (Å²) in [5, 5.41) is 13.9. The number of anilines is 2. The predicted octanol–water partition coefficient (Wildman–Crippen LogP) is 0.796. The molecule has 2 aromatic heterocycles. The lowest BCUT2D eigenvalue weighted by Crippen LogP contribution is -2.15. The van der Waals surface area contributed by atoms with E-state index in [-0.39, 0.29) is 0 Å². The number of nitrogens with zero attached hydrogens (tertiary/aromatic N) is 6. The van der Waals surface area contributed by atoms with Gasteiger partial charge in [-0.05, 0) is 13.3 Å². The maximum atomic E-state index is 5.35. The third-order valence-corrected chi connectivity index (χ3v) is 2.52. The van der Waals surface area contributed by atoms with Crippen molar-refractivity contribution in [2.75, 3.05) is 30.3 Å². The van der Waals surface area contributed by atoms with E-state index in [2.05, 4.69) is 42.8 Å². The largest absolute Gasteiger partial charge is 0.464 e. The van der Waals surface area contributed by atoms with Gasteiger partial charge in [-0.25, -0.2) is 0 Å². The minimum Gasteiger partial charge on any atom is -0.464 e. The van der Waals surface area contributed by atoms with E-state index in [0.29, 0.717) is 37.6 Å². The topological polar surface area (TPSA) is 103 Å². The van der Waals surface area contributed by atoms with Crippen LogP contribution in [0.5, 0.6) is 6.01 Å². The second-order valence-corrected chi connectivity index (χ2v) is 4.22. The first kappa shape index (κ1) is 14.9. The van der Waals surface area contributed by atoms with E-state index < -0.39 is 0 Å². The van der Waals surface area contributed by atoms with Gasteiger partial charge in [0, 0.05) is 19.3 Å². The first-order valence-electron chi connectivity index (χ1n) is 7.02. The van der Waals surface area contributed by atoms with E-state index in [4.69, 9.17) is 4.74 Å². The van der Waals surface area contributed by atoms with E-state index >= 15 is 0 Å². The van der Waals surface area contributed by atoms with E-state index in [1.54, 1.807) is 17.1 Å². The highest BCUT2D eigenvalue weighted by Crippen LogP contribution is 2.11. The normalized spacial score (nSPS) is 10.4. The molecule has 0 saturated heterocycles. The molecule has 9 heteroatoms. The Morgan fingerprint density at radius 3 is 2.48 bits per heavy atom. The Balaban J connectivity index is 1.97. The molecule has 2 rings (SSSR count). The molecular weight excluding hydrogens is 272 g/mol. The van der Waals surface area contributed by atoms with Gasteiger partial charge >= 0.3 is 6.01 Å². The molecule has 0 aliphatic carbocycles. The van der Waals surface area contributed by atoms with Crippen LogP contribution in [-0.4, -0.2) is 49.6 Å². The van der Waals surface area contributed by atoms with Crippen LogP contribution in [0, 0.1) is 0 Å². The molecule has 0 atom stereocenters. The van der Waals surface area contributed by atoms with Crippen molar-refractivity contribution >= 4 is 11.9 Å². The summed E-state index contributed by atoms with van der Waals surface area (Å²) < 4.78 is 7.08. The van der Waals surface area contributed by atoms with E-state index in [9.17, 15) is 0 Å². The van der Waals surface area contributed by atoms with Crippen molar-refractivity contribution in [3.05, 3.63) is 12.4 Å². The maximum Gasteiger partial charge on any atom is 0.323 e. The molecule has 0 amide bonds. The summed E-state index contributed by atoms with van der Waals surface area (Å²) in [6, 6.07) is 0.314. The highest BCUT2D eigenvalue weighted by molar-refractivity contribution is 5.35. The van der Waals surface area contributed by atoms with Crippen molar-refractivity contribution in [1.82, 2.24) is 29.9 Å². The summed E-state index contributed by atoms with van der Waals surface area (Å²) in [5.74, 6) is 0.991. The quantitative estimate of drug-likeness (QED) is 0.699. The lowest BCUT2D eigenvalue weighted by Gasteiger charge is -2.09. The van der Waals surface area contributed by atoms with Crippen LogP contribution in [0.15, 0.2) is 12.4 Å². The summed E-state index contributed by atoms with van der Waals surface area (Å²) in [7, 11) is 0. The number of ether oxygens (including phenoxy) is 1. The average Bonchev–Trinajstić information content (AvgIpc) is 2.99. The molecule has 0 bridgehead atoms. The highest BCUT2D eigenvalue weighted by atomic mass is 16.5. The molecule has 0 unspecified atom stereocenters. The second kappa shape index (κ2) is 7.98. The molecule has 114 valence electrons. The summed E-state index contributed by atoms with van der Waals surface area (Å²) in [4.78, 5) is 12.7. The van der Waals surface area contributed by atoms with Gasteiger partial charge in [0.2, 0.25) is 11.9 Å². The Hall–Kier alpha value is -2.45. The predicted molar refractivity (Wildman–Crippen MR) is 78.3 cm³/mol. The molecule has 0 aliphatic rings. The van der Waals surface area contributed by atoms with Gasteiger partial charge in [0.15, 0.2) is 0 Å². The van der Waals surface area contributed by atoms with Gasteiger partial charge in [0.25, 0.3) is 0 Å². The van der Waals surface area contributed by atoms with Crippen molar-refractivity contribution in [3.8, 4) is 6.01 Å². The van der Waals surface area contributed by atoms with Crippen LogP contribution in [0.2, 0.25) is 0 Å². The minimum absolute atomic E-state index is 0.314. The Morgan fingerprint density at radius 1 is 1.10 bits per heavy atom. The molecule has 0 aromatic carbocycles. The van der Waals surface area contributed by atoms with E-state index in [1.807, 2.05) is 6.92 Å². The van der Waals surface area contributed by atoms with Crippen LogP contribution in [-0.2, 0) is 6.54 Å². The Morgan fingerprint density at radius 2 is 1.86 bits per heavy atom. The summed E-state index contributed by atoms with van der Waals surface area (Å²) in [6.45, 7) is 6.58. The molecule has 0 saturated carbocycles. The van der Waals surface area contributed by atoms with Gasteiger partial charge in [-0.3, -0.25) is 4.68 Å². The monoisotopic (exact) mass is 292 g/mol. The van der Waals surface area contributed by atoms with E-state index in [1.165, 1.54) is 0 Å². The van der Waals surface area contributed by atoms with Crippen molar-refractivity contribution in [1.29, 1.82) is 0 Å². The molecule has 2 N–H and O–H groups in total. The van der Waals surface area contributed by atoms with Gasteiger partial charge in [-0.2, -0.15) is 15.0 Å². The van der Waals surface area contributed by atoms with Crippen LogP contribution in [0.3, 0.4) is 0 Å². The van der Waals surface area contributed by atoms with Crippen LogP contribution in [0.4, 0.5) is 11.9 Å². The minimum atomic E-state index is 0.314. The molecule has 2 heterocycles. The van der Waals surface area contributed by atoms with Crippen molar-refractivity contribution in [2.45, 2.75) is 26.8 Å². The number of nitrogens with one attached hydrogen (secondary N) is 2.